The summed E-state index contributed by atoms with van der Waals surface area (Å²) in [6.07, 6.45) is 2.16. The van der Waals surface area contributed by atoms with E-state index in [1.807, 2.05) is 0 Å². The van der Waals surface area contributed by atoms with Crippen LogP contribution < -0.4 is 16.0 Å². The number of halogens is 1. The standard InChI is InChI=1S/C23H32N6O2.HI/c1-18-16-21(12-15-28(18)17-19-6-4-3-5-7-19)27-23(24-2)26-14-13-25-20-8-10-22(11-9-20)29(30)31;/h3-11,18,21,25H,12-17H2,1-2H3,(H2,24,26,27);1H. The van der Waals surface area contributed by atoms with Crippen LogP contribution in [0.5, 0.6) is 0 Å². The molecule has 2 unspecified atom stereocenters. The molecule has 1 aliphatic heterocycles. The van der Waals surface area contributed by atoms with Crippen molar-refractivity contribution in [3.63, 3.8) is 0 Å². The molecule has 0 bridgehead atoms. The first-order chi connectivity index (χ1) is 15.0. The van der Waals surface area contributed by atoms with Crippen LogP contribution in [-0.4, -0.2) is 54.5 Å². The SMILES string of the molecule is CN=C(NCCNc1ccc([N+](=O)[O-])cc1)NC1CCN(Cc2ccccc2)C(C)C1.I. The van der Waals surface area contributed by atoms with Crippen LogP contribution in [0.4, 0.5) is 11.4 Å². The van der Waals surface area contributed by atoms with Crippen LogP contribution in [0.1, 0.15) is 25.3 Å². The second-order valence-electron chi connectivity index (χ2n) is 7.90. The van der Waals surface area contributed by atoms with Crippen LogP contribution in [0.2, 0.25) is 0 Å². The predicted octanol–water partition coefficient (Wildman–Crippen LogP) is 3.84. The third kappa shape index (κ3) is 7.94. The van der Waals surface area contributed by atoms with Gasteiger partial charge in [-0.25, -0.2) is 0 Å². The summed E-state index contributed by atoms with van der Waals surface area (Å²) in [5, 5.41) is 20.9. The maximum atomic E-state index is 10.7. The molecule has 2 atom stereocenters. The second-order valence-corrected chi connectivity index (χ2v) is 7.90. The van der Waals surface area contributed by atoms with Crippen LogP contribution in [0.25, 0.3) is 0 Å². The van der Waals surface area contributed by atoms with Gasteiger partial charge in [-0.15, -0.1) is 24.0 Å². The van der Waals surface area contributed by atoms with E-state index in [0.29, 0.717) is 25.2 Å². The van der Waals surface area contributed by atoms with Crippen LogP contribution in [0.3, 0.4) is 0 Å². The number of hydrogen-bond donors (Lipinski definition) is 3. The summed E-state index contributed by atoms with van der Waals surface area (Å²) in [5.74, 6) is 0.805. The van der Waals surface area contributed by atoms with Gasteiger partial charge in [-0.1, -0.05) is 30.3 Å². The largest absolute Gasteiger partial charge is 0.383 e. The number of non-ortho nitro benzene ring substituents is 1. The monoisotopic (exact) mass is 552 g/mol. The van der Waals surface area contributed by atoms with Gasteiger partial charge < -0.3 is 16.0 Å². The van der Waals surface area contributed by atoms with Crippen molar-refractivity contribution in [1.29, 1.82) is 0 Å². The number of rotatable bonds is 8. The molecule has 3 rings (SSSR count). The number of anilines is 1. The number of hydrogen-bond acceptors (Lipinski definition) is 5. The van der Waals surface area contributed by atoms with Gasteiger partial charge in [-0.2, -0.15) is 0 Å². The highest BCUT2D eigenvalue weighted by molar-refractivity contribution is 14.0. The molecule has 32 heavy (non-hydrogen) atoms. The zero-order chi connectivity index (χ0) is 22.1. The maximum absolute atomic E-state index is 10.7. The Balaban J connectivity index is 0.00000363. The summed E-state index contributed by atoms with van der Waals surface area (Å²) < 4.78 is 0. The van der Waals surface area contributed by atoms with Crippen molar-refractivity contribution in [1.82, 2.24) is 15.5 Å². The Labute approximate surface area is 207 Å². The highest BCUT2D eigenvalue weighted by atomic mass is 127. The minimum absolute atomic E-state index is 0. The van der Waals surface area contributed by atoms with Crippen molar-refractivity contribution in [3.8, 4) is 0 Å². The number of benzene rings is 2. The van der Waals surface area contributed by atoms with Gasteiger partial charge in [0, 0.05) is 63.1 Å². The fourth-order valence-electron chi connectivity index (χ4n) is 3.88. The van der Waals surface area contributed by atoms with Gasteiger partial charge in [-0.05, 0) is 37.5 Å². The van der Waals surface area contributed by atoms with Gasteiger partial charge in [-0.3, -0.25) is 20.0 Å². The average Bonchev–Trinajstić information content (AvgIpc) is 2.78. The van der Waals surface area contributed by atoms with E-state index < -0.39 is 4.92 Å². The molecule has 1 heterocycles. The molecule has 0 amide bonds. The number of piperidine rings is 1. The molecule has 0 aromatic heterocycles. The molecule has 1 fully saturated rings. The molecule has 8 nitrogen and oxygen atoms in total. The Morgan fingerprint density at radius 3 is 2.50 bits per heavy atom. The lowest BCUT2D eigenvalue weighted by Gasteiger charge is -2.38. The second kappa shape index (κ2) is 13.2. The van der Waals surface area contributed by atoms with Gasteiger partial charge in [0.1, 0.15) is 0 Å². The number of likely N-dealkylation sites (tertiary alicyclic amines) is 1. The highest BCUT2D eigenvalue weighted by Gasteiger charge is 2.25. The lowest BCUT2D eigenvalue weighted by molar-refractivity contribution is -0.384. The maximum Gasteiger partial charge on any atom is 0.269 e. The predicted molar refractivity (Wildman–Crippen MR) is 141 cm³/mol. The summed E-state index contributed by atoms with van der Waals surface area (Å²) >= 11 is 0. The Kier molecular flexibility index (Phi) is 10.7. The van der Waals surface area contributed by atoms with E-state index in [4.69, 9.17) is 0 Å². The van der Waals surface area contributed by atoms with E-state index in [-0.39, 0.29) is 29.7 Å². The van der Waals surface area contributed by atoms with Crippen LogP contribution in [0, 0.1) is 10.1 Å². The molecule has 0 aliphatic carbocycles. The Morgan fingerprint density at radius 1 is 1.16 bits per heavy atom. The minimum atomic E-state index is -0.395. The topological polar surface area (TPSA) is 94.8 Å². The van der Waals surface area contributed by atoms with Crippen molar-refractivity contribution >= 4 is 41.3 Å². The van der Waals surface area contributed by atoms with E-state index in [1.54, 1.807) is 19.2 Å². The number of aliphatic imine (C=N–C) groups is 1. The molecule has 2 aromatic rings. The first-order valence-corrected chi connectivity index (χ1v) is 10.8. The lowest BCUT2D eigenvalue weighted by atomic mass is 9.97. The number of nitro benzene ring substituents is 1. The summed E-state index contributed by atoms with van der Waals surface area (Å²) in [6, 6.07) is 18.0. The molecule has 1 aliphatic rings. The molecule has 9 heteroatoms. The summed E-state index contributed by atoms with van der Waals surface area (Å²) in [4.78, 5) is 17.2. The van der Waals surface area contributed by atoms with Gasteiger partial charge in [0.2, 0.25) is 0 Å². The number of nitro groups is 1. The van der Waals surface area contributed by atoms with E-state index in [0.717, 1.165) is 37.6 Å². The van der Waals surface area contributed by atoms with Gasteiger partial charge in [0.15, 0.2) is 5.96 Å². The van der Waals surface area contributed by atoms with Crippen molar-refractivity contribution in [2.45, 2.75) is 38.4 Å². The molecule has 3 N–H and O–H groups in total. The number of nitrogens with zero attached hydrogens (tertiary/aromatic N) is 3. The molecular formula is C23H33IN6O2. The van der Waals surface area contributed by atoms with Crippen LogP contribution in [-0.2, 0) is 6.54 Å². The first-order valence-electron chi connectivity index (χ1n) is 10.8. The smallest absolute Gasteiger partial charge is 0.269 e. The van der Waals surface area contributed by atoms with Crippen LogP contribution in [0.15, 0.2) is 59.6 Å². The Bertz CT molecular complexity index is 863. The molecular weight excluding hydrogens is 519 g/mol. The fraction of sp³-hybridized carbons (Fsp3) is 0.435. The van der Waals surface area contributed by atoms with Gasteiger partial charge in [0.05, 0.1) is 4.92 Å². The molecule has 0 spiro atoms. The molecule has 0 radical (unpaired) electrons. The lowest BCUT2D eigenvalue weighted by Crippen LogP contribution is -2.51. The molecule has 0 saturated carbocycles. The third-order valence-electron chi connectivity index (χ3n) is 5.63. The quantitative estimate of drug-likeness (QED) is 0.115. The summed E-state index contributed by atoms with van der Waals surface area (Å²) in [5.41, 5.74) is 2.31. The summed E-state index contributed by atoms with van der Waals surface area (Å²) in [7, 11) is 1.78. The van der Waals surface area contributed by atoms with Gasteiger partial charge >= 0.3 is 0 Å². The van der Waals surface area contributed by atoms with Crippen molar-refractivity contribution in [2.24, 2.45) is 4.99 Å². The Hall–Kier alpha value is -2.40. The van der Waals surface area contributed by atoms with E-state index in [2.05, 4.69) is 63.1 Å². The zero-order valence-electron chi connectivity index (χ0n) is 18.7. The minimum Gasteiger partial charge on any atom is -0.383 e. The van der Waals surface area contributed by atoms with E-state index in [1.165, 1.54) is 17.7 Å². The van der Waals surface area contributed by atoms with Crippen LogP contribution >= 0.6 is 24.0 Å². The Morgan fingerprint density at radius 2 is 1.88 bits per heavy atom. The normalized spacial score (nSPS) is 19.0. The first kappa shape index (κ1) is 25.9. The highest BCUT2D eigenvalue weighted by Crippen LogP contribution is 2.20. The van der Waals surface area contributed by atoms with Crippen molar-refractivity contribution < 1.29 is 4.92 Å². The average molecular weight is 552 g/mol. The number of nitrogens with one attached hydrogen (secondary N) is 3. The molecule has 2 aromatic carbocycles. The molecule has 1 saturated heterocycles. The summed E-state index contributed by atoms with van der Waals surface area (Å²) in [6.45, 7) is 5.73. The molecule has 174 valence electrons. The van der Waals surface area contributed by atoms with E-state index in [9.17, 15) is 10.1 Å². The van der Waals surface area contributed by atoms with Gasteiger partial charge in [0.25, 0.3) is 5.69 Å². The number of guanidine groups is 1. The van der Waals surface area contributed by atoms with Crippen molar-refractivity contribution in [3.05, 3.63) is 70.3 Å². The fourth-order valence-corrected chi connectivity index (χ4v) is 3.88. The zero-order valence-corrected chi connectivity index (χ0v) is 21.0. The van der Waals surface area contributed by atoms with Crippen molar-refractivity contribution in [2.75, 3.05) is 32.0 Å². The third-order valence-corrected chi connectivity index (χ3v) is 5.63. The van der Waals surface area contributed by atoms with E-state index >= 15 is 0 Å².